The summed E-state index contributed by atoms with van der Waals surface area (Å²) in [5.74, 6) is -0.682. The van der Waals surface area contributed by atoms with Crippen LogP contribution in [0.15, 0.2) is 24.3 Å². The Kier molecular flexibility index (Phi) is 6.77. The van der Waals surface area contributed by atoms with Crippen LogP contribution in [0.2, 0.25) is 0 Å². The van der Waals surface area contributed by atoms with Crippen molar-refractivity contribution in [3.05, 3.63) is 41.2 Å². The van der Waals surface area contributed by atoms with Crippen molar-refractivity contribution < 1.29 is 19.1 Å². The minimum absolute atomic E-state index is 0.106. The van der Waals surface area contributed by atoms with Gasteiger partial charge in [0, 0.05) is 18.7 Å². The monoisotopic (exact) mass is 426 g/mol. The molecule has 0 bridgehead atoms. The second kappa shape index (κ2) is 9.32. The van der Waals surface area contributed by atoms with E-state index in [1.165, 1.54) is 11.8 Å². The Bertz CT molecular complexity index is 995. The number of hydrogen-bond acceptors (Lipinski definition) is 5. The fourth-order valence-electron chi connectivity index (χ4n) is 3.80. The number of fused-ring (bicyclic) bond motifs is 1. The van der Waals surface area contributed by atoms with Gasteiger partial charge in [-0.1, -0.05) is 26.0 Å². The molecule has 0 saturated heterocycles. The van der Waals surface area contributed by atoms with Gasteiger partial charge >= 0.3 is 5.97 Å². The van der Waals surface area contributed by atoms with Crippen LogP contribution >= 0.6 is 0 Å². The van der Waals surface area contributed by atoms with Crippen molar-refractivity contribution in [1.82, 2.24) is 9.78 Å². The molecule has 1 N–H and O–H groups in total. The van der Waals surface area contributed by atoms with Gasteiger partial charge in [0.05, 0.1) is 17.1 Å². The number of aromatic nitrogens is 2. The van der Waals surface area contributed by atoms with Gasteiger partial charge in [-0.15, -0.1) is 0 Å². The van der Waals surface area contributed by atoms with Crippen molar-refractivity contribution in [1.29, 1.82) is 0 Å². The summed E-state index contributed by atoms with van der Waals surface area (Å²) >= 11 is 0. The van der Waals surface area contributed by atoms with Gasteiger partial charge in [-0.25, -0.2) is 0 Å². The third kappa shape index (κ3) is 5.13. The average Bonchev–Trinajstić information content (AvgIpc) is 2.97. The molecule has 1 aromatic heterocycles. The van der Waals surface area contributed by atoms with Crippen LogP contribution in [0.1, 0.15) is 44.1 Å². The highest BCUT2D eigenvalue weighted by atomic mass is 16.5. The normalized spacial score (nSPS) is 14.3. The van der Waals surface area contributed by atoms with E-state index in [1.807, 2.05) is 18.5 Å². The zero-order valence-corrected chi connectivity index (χ0v) is 18.8. The Balaban J connectivity index is 1.61. The summed E-state index contributed by atoms with van der Waals surface area (Å²) in [6, 6.07) is 7.05. The lowest BCUT2D eigenvalue weighted by atomic mass is 10.1. The maximum Gasteiger partial charge on any atom is 0.306 e. The van der Waals surface area contributed by atoms with Crippen LogP contribution in [0.3, 0.4) is 0 Å². The number of esters is 1. The summed E-state index contributed by atoms with van der Waals surface area (Å²) in [5, 5.41) is 7.31. The third-order valence-electron chi connectivity index (χ3n) is 5.34. The van der Waals surface area contributed by atoms with Crippen molar-refractivity contribution >= 4 is 29.2 Å². The summed E-state index contributed by atoms with van der Waals surface area (Å²) < 4.78 is 7.38. The molecule has 0 radical (unpaired) electrons. The number of para-hydroxylation sites is 2. The first-order valence-corrected chi connectivity index (χ1v) is 10.6. The van der Waals surface area contributed by atoms with Crippen molar-refractivity contribution in [2.24, 2.45) is 5.92 Å². The molecule has 0 spiro atoms. The molecule has 0 saturated carbocycles. The molecule has 0 fully saturated rings. The number of nitrogens with zero attached hydrogens (tertiary/aromatic N) is 3. The van der Waals surface area contributed by atoms with E-state index < -0.39 is 18.0 Å². The van der Waals surface area contributed by atoms with Crippen molar-refractivity contribution in [3.63, 3.8) is 0 Å². The van der Waals surface area contributed by atoms with E-state index in [0.29, 0.717) is 23.7 Å². The number of aryl methyl sites for hydroxylation is 1. The number of carbonyl (C=O) groups excluding carboxylic acids is 3. The number of benzene rings is 1. The summed E-state index contributed by atoms with van der Waals surface area (Å²) in [6.45, 7) is 10.5. The van der Waals surface area contributed by atoms with Gasteiger partial charge in [0.1, 0.15) is 6.54 Å². The van der Waals surface area contributed by atoms with Gasteiger partial charge in [-0.3, -0.25) is 24.0 Å². The van der Waals surface area contributed by atoms with E-state index in [2.05, 4.69) is 24.3 Å². The molecule has 2 amide bonds. The highest BCUT2D eigenvalue weighted by molar-refractivity contribution is 6.11. The fourth-order valence-corrected chi connectivity index (χ4v) is 3.80. The number of ether oxygens (including phenoxy) is 1. The number of hydrogen-bond donors (Lipinski definition) is 1. The molecule has 1 aliphatic rings. The number of anilines is 2. The SMILES string of the molecule is Cc1nn(CC(C)C)c(C)c1CCC(=O)OC(C)C(=O)N1CC(=O)Nc2ccccc21. The van der Waals surface area contributed by atoms with E-state index in [9.17, 15) is 14.4 Å². The van der Waals surface area contributed by atoms with Crippen molar-refractivity contribution in [2.75, 3.05) is 16.8 Å². The number of rotatable bonds is 7. The van der Waals surface area contributed by atoms with Gasteiger partial charge in [0.2, 0.25) is 5.91 Å². The first-order valence-electron chi connectivity index (χ1n) is 10.6. The third-order valence-corrected chi connectivity index (χ3v) is 5.34. The molecule has 2 heterocycles. The number of amides is 2. The first kappa shape index (κ1) is 22.5. The van der Waals surface area contributed by atoms with Crippen molar-refractivity contribution in [2.45, 2.75) is 60.1 Å². The maximum atomic E-state index is 12.9. The van der Waals surface area contributed by atoms with Crippen LogP contribution in [0, 0.1) is 19.8 Å². The summed E-state index contributed by atoms with van der Waals surface area (Å²) in [6.07, 6.45) is -0.328. The van der Waals surface area contributed by atoms with Gasteiger partial charge in [-0.2, -0.15) is 5.10 Å². The van der Waals surface area contributed by atoms with Crippen LogP contribution in [0.4, 0.5) is 11.4 Å². The van der Waals surface area contributed by atoms with Gasteiger partial charge < -0.3 is 10.1 Å². The Morgan fingerprint density at radius 3 is 2.61 bits per heavy atom. The largest absolute Gasteiger partial charge is 0.453 e. The lowest BCUT2D eigenvalue weighted by Crippen LogP contribution is -2.47. The van der Waals surface area contributed by atoms with Gasteiger partial charge in [0.25, 0.3) is 5.91 Å². The molecule has 8 nitrogen and oxygen atoms in total. The molecule has 2 aromatic rings. The van der Waals surface area contributed by atoms with Gasteiger partial charge in [0.15, 0.2) is 6.10 Å². The second-order valence-electron chi connectivity index (χ2n) is 8.35. The maximum absolute atomic E-state index is 12.9. The molecule has 1 aliphatic heterocycles. The van der Waals surface area contributed by atoms with Crippen LogP contribution in [0.5, 0.6) is 0 Å². The first-order chi connectivity index (χ1) is 14.7. The highest BCUT2D eigenvalue weighted by Crippen LogP contribution is 2.29. The molecule has 8 heteroatoms. The van der Waals surface area contributed by atoms with E-state index >= 15 is 0 Å². The van der Waals surface area contributed by atoms with Crippen LogP contribution < -0.4 is 10.2 Å². The van der Waals surface area contributed by atoms with Crippen LogP contribution in [-0.2, 0) is 32.1 Å². The molecule has 3 rings (SSSR count). The number of carbonyl (C=O) groups is 3. The summed E-state index contributed by atoms with van der Waals surface area (Å²) in [7, 11) is 0. The van der Waals surface area contributed by atoms with Gasteiger partial charge in [-0.05, 0) is 50.8 Å². The minimum atomic E-state index is -0.989. The molecular weight excluding hydrogens is 396 g/mol. The molecule has 1 atom stereocenters. The predicted molar refractivity (Wildman–Crippen MR) is 118 cm³/mol. The predicted octanol–water partition coefficient (Wildman–Crippen LogP) is 3.01. The van der Waals surface area contributed by atoms with E-state index in [-0.39, 0.29) is 18.9 Å². The Morgan fingerprint density at radius 1 is 1.19 bits per heavy atom. The second-order valence-corrected chi connectivity index (χ2v) is 8.35. The lowest BCUT2D eigenvalue weighted by molar-refractivity contribution is -0.153. The minimum Gasteiger partial charge on any atom is -0.453 e. The average molecular weight is 427 g/mol. The van der Waals surface area contributed by atoms with E-state index in [4.69, 9.17) is 4.74 Å². The smallest absolute Gasteiger partial charge is 0.306 e. The zero-order chi connectivity index (χ0) is 22.7. The number of nitrogens with one attached hydrogen (secondary N) is 1. The zero-order valence-electron chi connectivity index (χ0n) is 18.8. The van der Waals surface area contributed by atoms with Crippen LogP contribution in [-0.4, -0.2) is 40.2 Å². The molecule has 1 unspecified atom stereocenters. The summed E-state index contributed by atoms with van der Waals surface area (Å²) in [5.41, 5.74) is 4.16. The van der Waals surface area contributed by atoms with Crippen molar-refractivity contribution in [3.8, 4) is 0 Å². The Labute approximate surface area is 182 Å². The Hall–Kier alpha value is -3.16. The Morgan fingerprint density at radius 2 is 1.90 bits per heavy atom. The quantitative estimate of drug-likeness (QED) is 0.687. The van der Waals surface area contributed by atoms with Crippen LogP contribution in [0.25, 0.3) is 0 Å². The molecule has 1 aromatic carbocycles. The fraction of sp³-hybridized carbons (Fsp3) is 0.478. The molecule has 0 aliphatic carbocycles. The van der Waals surface area contributed by atoms with E-state index in [1.54, 1.807) is 24.3 Å². The molecular formula is C23H30N4O4. The highest BCUT2D eigenvalue weighted by Gasteiger charge is 2.31. The summed E-state index contributed by atoms with van der Waals surface area (Å²) in [4.78, 5) is 38.6. The van der Waals surface area contributed by atoms with E-state index in [0.717, 1.165) is 23.5 Å². The topological polar surface area (TPSA) is 93.5 Å². The molecule has 166 valence electrons. The molecule has 31 heavy (non-hydrogen) atoms. The lowest BCUT2D eigenvalue weighted by Gasteiger charge is -2.30. The standard InChI is InChI=1S/C23H30N4O4/c1-14(2)12-27-16(4)18(15(3)25-27)10-11-22(29)31-17(5)23(30)26-13-21(28)24-19-8-6-7-9-20(19)26/h6-9,14,17H,10-13H2,1-5H3,(H,24,28).